The molecule has 0 unspecified atom stereocenters. The van der Waals surface area contributed by atoms with Crippen LogP contribution >= 0.6 is 0 Å². The van der Waals surface area contributed by atoms with Gasteiger partial charge in [-0.3, -0.25) is 4.79 Å². The number of nitrogens with zero attached hydrogens (tertiary/aromatic N) is 1. The first-order valence-corrected chi connectivity index (χ1v) is 5.54. The smallest absolute Gasteiger partial charge is 0.380 e. The summed E-state index contributed by atoms with van der Waals surface area (Å²) in [5, 5.41) is 3.67. The number of ketones is 1. The predicted molar refractivity (Wildman–Crippen MR) is 66.0 cm³/mol. The van der Waals surface area contributed by atoms with Crippen LogP contribution in [0, 0.1) is 0 Å². The lowest BCUT2D eigenvalue weighted by atomic mass is 10.2. The van der Waals surface area contributed by atoms with E-state index in [0.717, 1.165) is 12.7 Å². The Hall–Kier alpha value is -2.17. The van der Waals surface area contributed by atoms with E-state index in [1.165, 1.54) is 0 Å². The number of benzene rings is 1. The molecular weight excluding hydrogens is 234 g/mol. The highest BCUT2D eigenvalue weighted by molar-refractivity contribution is 6.63. The number of hydrogen-bond donors (Lipinski definition) is 0. The maximum atomic E-state index is 11.5. The summed E-state index contributed by atoms with van der Waals surface area (Å²) in [5.74, 6) is -1.70. The largest absolute Gasteiger partial charge is 0.463 e. The summed E-state index contributed by atoms with van der Waals surface area (Å²) in [6.45, 7) is 1.96. The van der Waals surface area contributed by atoms with E-state index in [9.17, 15) is 9.59 Å². The molecule has 0 saturated heterocycles. The van der Waals surface area contributed by atoms with Crippen molar-refractivity contribution < 1.29 is 19.2 Å². The van der Waals surface area contributed by atoms with Crippen LogP contribution in [0.15, 0.2) is 35.5 Å². The maximum Gasteiger partial charge on any atom is 0.380 e. The van der Waals surface area contributed by atoms with Crippen molar-refractivity contribution in [1.29, 1.82) is 0 Å². The minimum Gasteiger partial charge on any atom is -0.463 e. The molecule has 1 aromatic rings. The van der Waals surface area contributed by atoms with Crippen molar-refractivity contribution in [3.63, 3.8) is 0 Å². The Morgan fingerprint density at radius 3 is 2.44 bits per heavy atom. The van der Waals surface area contributed by atoms with Crippen molar-refractivity contribution in [2.75, 3.05) is 7.11 Å². The Morgan fingerprint density at radius 1 is 1.22 bits per heavy atom. The third-order valence-corrected chi connectivity index (χ3v) is 2.22. The molecule has 0 N–H and O–H groups in total. The summed E-state index contributed by atoms with van der Waals surface area (Å²) in [6.07, 6.45) is 0.308. The van der Waals surface area contributed by atoms with Crippen LogP contribution in [0.4, 0.5) is 0 Å². The average molecular weight is 249 g/mol. The van der Waals surface area contributed by atoms with Gasteiger partial charge in [0.05, 0.1) is 7.11 Å². The van der Waals surface area contributed by atoms with E-state index in [2.05, 4.69) is 9.89 Å². The number of esters is 1. The molecule has 0 atom stereocenters. The zero-order valence-corrected chi connectivity index (χ0v) is 10.4. The van der Waals surface area contributed by atoms with Gasteiger partial charge in [-0.25, -0.2) is 4.79 Å². The van der Waals surface area contributed by atoms with Crippen molar-refractivity contribution in [3.8, 4) is 0 Å². The zero-order valence-electron chi connectivity index (χ0n) is 10.4. The van der Waals surface area contributed by atoms with Gasteiger partial charge in [0.1, 0.15) is 12.3 Å². The lowest BCUT2D eigenvalue weighted by Gasteiger charge is -2.03. The number of carbonyl (C=O) groups is 2. The highest BCUT2D eigenvalue weighted by Gasteiger charge is 2.20. The van der Waals surface area contributed by atoms with Gasteiger partial charge in [0, 0.05) is 0 Å². The fourth-order valence-corrected chi connectivity index (χ4v) is 1.24. The molecule has 1 aromatic carbocycles. The van der Waals surface area contributed by atoms with Gasteiger partial charge in [-0.2, -0.15) is 0 Å². The number of methoxy groups -OCH3 is 1. The molecular formula is C13H15NO4. The van der Waals surface area contributed by atoms with Crippen LogP contribution in [-0.2, 0) is 25.8 Å². The summed E-state index contributed by atoms with van der Waals surface area (Å²) < 4.78 is 4.33. The van der Waals surface area contributed by atoms with E-state index in [4.69, 9.17) is 4.84 Å². The molecule has 0 spiro atoms. The zero-order chi connectivity index (χ0) is 13.4. The van der Waals surface area contributed by atoms with Crippen LogP contribution in [0.5, 0.6) is 0 Å². The quantitative estimate of drug-likeness (QED) is 0.333. The van der Waals surface area contributed by atoms with Crippen LogP contribution < -0.4 is 0 Å². The van der Waals surface area contributed by atoms with Crippen LogP contribution in [0.3, 0.4) is 0 Å². The molecule has 0 aliphatic heterocycles. The Balaban J connectivity index is 2.58. The minimum atomic E-state index is -0.932. The van der Waals surface area contributed by atoms with Crippen LogP contribution in [0.25, 0.3) is 0 Å². The number of carbonyl (C=O) groups excluding carboxylic acids is 2. The van der Waals surface area contributed by atoms with E-state index < -0.39 is 11.8 Å². The number of oxime groups is 1. The Labute approximate surface area is 105 Å². The molecule has 0 bridgehead atoms. The topological polar surface area (TPSA) is 65.0 Å². The number of ether oxygens (including phenoxy) is 1. The maximum absolute atomic E-state index is 11.5. The van der Waals surface area contributed by atoms with Gasteiger partial charge < -0.3 is 9.57 Å². The Kier molecular flexibility index (Phi) is 5.57. The van der Waals surface area contributed by atoms with E-state index in [0.29, 0.717) is 6.42 Å². The van der Waals surface area contributed by atoms with Crippen molar-refractivity contribution in [2.24, 2.45) is 5.16 Å². The lowest BCUT2D eigenvalue weighted by molar-refractivity contribution is -0.148. The fraction of sp³-hybridized carbons (Fsp3) is 0.308. The van der Waals surface area contributed by atoms with Gasteiger partial charge in [-0.1, -0.05) is 42.4 Å². The average Bonchev–Trinajstić information content (AvgIpc) is 2.43. The van der Waals surface area contributed by atoms with Crippen LogP contribution in [-0.4, -0.2) is 24.6 Å². The van der Waals surface area contributed by atoms with Crippen molar-refractivity contribution in [1.82, 2.24) is 0 Å². The Bertz CT molecular complexity index is 440. The van der Waals surface area contributed by atoms with Crippen molar-refractivity contribution >= 4 is 17.5 Å². The highest BCUT2D eigenvalue weighted by atomic mass is 16.6. The van der Waals surface area contributed by atoms with Gasteiger partial charge in [0.25, 0.3) is 5.78 Å². The van der Waals surface area contributed by atoms with Gasteiger partial charge in [-0.15, -0.1) is 0 Å². The molecule has 0 radical (unpaired) electrons. The van der Waals surface area contributed by atoms with E-state index >= 15 is 0 Å². The van der Waals surface area contributed by atoms with Gasteiger partial charge >= 0.3 is 5.97 Å². The third-order valence-electron chi connectivity index (χ3n) is 2.22. The van der Waals surface area contributed by atoms with E-state index in [1.54, 1.807) is 6.92 Å². The van der Waals surface area contributed by atoms with Gasteiger partial charge in [0.15, 0.2) is 0 Å². The number of hydrogen-bond acceptors (Lipinski definition) is 5. The monoisotopic (exact) mass is 249 g/mol. The normalized spacial score (nSPS) is 10.9. The molecule has 5 nitrogen and oxygen atoms in total. The summed E-state index contributed by atoms with van der Waals surface area (Å²) >= 11 is 0. The summed E-state index contributed by atoms with van der Waals surface area (Å²) in [6, 6.07) is 9.41. The third kappa shape index (κ3) is 4.01. The summed E-state index contributed by atoms with van der Waals surface area (Å²) in [7, 11) is 1.15. The fourth-order valence-electron chi connectivity index (χ4n) is 1.24. The standard InChI is InChI=1S/C13H15NO4/c1-3-11(12(15)13(16)17-2)14-18-9-10-7-5-4-6-8-10/h4-8H,3,9H2,1-2H3/b14-11+. The van der Waals surface area contributed by atoms with Crippen molar-refractivity contribution in [2.45, 2.75) is 20.0 Å². The molecule has 0 aliphatic carbocycles. The number of Topliss-reactive ketones (excluding diaryl/α,β-unsaturated/α-hetero) is 1. The molecule has 0 saturated carbocycles. The predicted octanol–water partition coefficient (Wildman–Crippen LogP) is 1.71. The van der Waals surface area contributed by atoms with Gasteiger partial charge in [-0.05, 0) is 12.0 Å². The molecule has 0 aromatic heterocycles. The van der Waals surface area contributed by atoms with Crippen LogP contribution in [0.2, 0.25) is 0 Å². The first-order chi connectivity index (χ1) is 8.69. The molecule has 0 fully saturated rings. The second-order valence-corrected chi connectivity index (χ2v) is 3.47. The SMILES string of the molecule is CC/C(=N\OCc1ccccc1)C(=O)C(=O)OC. The van der Waals surface area contributed by atoms with E-state index in [-0.39, 0.29) is 12.3 Å². The molecule has 0 aliphatic rings. The highest BCUT2D eigenvalue weighted by Crippen LogP contribution is 2.01. The molecule has 18 heavy (non-hydrogen) atoms. The van der Waals surface area contributed by atoms with Gasteiger partial charge in [0.2, 0.25) is 0 Å². The lowest BCUT2D eigenvalue weighted by Crippen LogP contribution is -2.24. The molecule has 1 rings (SSSR count). The second kappa shape index (κ2) is 7.21. The first kappa shape index (κ1) is 13.9. The summed E-state index contributed by atoms with van der Waals surface area (Å²) in [4.78, 5) is 27.5. The van der Waals surface area contributed by atoms with Crippen LogP contribution in [0.1, 0.15) is 18.9 Å². The minimum absolute atomic E-state index is 0.0535. The van der Waals surface area contributed by atoms with E-state index in [1.807, 2.05) is 30.3 Å². The second-order valence-electron chi connectivity index (χ2n) is 3.47. The molecule has 0 amide bonds. The van der Waals surface area contributed by atoms with Crippen molar-refractivity contribution in [3.05, 3.63) is 35.9 Å². The molecule has 96 valence electrons. The first-order valence-electron chi connectivity index (χ1n) is 5.54. The molecule has 5 heteroatoms. The number of rotatable bonds is 6. The Morgan fingerprint density at radius 2 is 1.89 bits per heavy atom. The molecule has 0 heterocycles. The summed E-state index contributed by atoms with van der Waals surface area (Å²) in [5.41, 5.74) is 0.986.